The van der Waals surface area contributed by atoms with Crippen molar-refractivity contribution in [2.75, 3.05) is 19.7 Å². The van der Waals surface area contributed by atoms with E-state index in [0.29, 0.717) is 38.1 Å². The quantitative estimate of drug-likeness (QED) is 0.482. The number of carbonyl (C=O) groups excluding carboxylic acids is 2. The van der Waals surface area contributed by atoms with E-state index in [-0.39, 0.29) is 23.5 Å². The first-order chi connectivity index (χ1) is 10.5. The Morgan fingerprint density at radius 3 is 2.64 bits per heavy atom. The standard InChI is InChI=1S/C15H18N2O5/c1-2-22-15(19)11-6-8-16(9-7-11)14(18)12-4-3-5-13(10-12)17(20)21/h3-5,10-11H,2,6-9H2,1H3. The Hall–Kier alpha value is -2.44. The van der Waals surface area contributed by atoms with Crippen LogP contribution in [0.15, 0.2) is 24.3 Å². The Balaban J connectivity index is 1.99. The first-order valence-corrected chi connectivity index (χ1v) is 7.23. The summed E-state index contributed by atoms with van der Waals surface area (Å²) >= 11 is 0. The lowest BCUT2D eigenvalue weighted by Gasteiger charge is -2.30. The van der Waals surface area contributed by atoms with E-state index in [1.807, 2.05) is 0 Å². The molecule has 0 N–H and O–H groups in total. The normalized spacial score (nSPS) is 15.4. The number of rotatable bonds is 4. The molecule has 22 heavy (non-hydrogen) atoms. The van der Waals surface area contributed by atoms with Gasteiger partial charge in [0.25, 0.3) is 11.6 Å². The second-order valence-electron chi connectivity index (χ2n) is 5.13. The summed E-state index contributed by atoms with van der Waals surface area (Å²) in [5.74, 6) is -0.634. The van der Waals surface area contributed by atoms with Gasteiger partial charge < -0.3 is 9.64 Å². The molecule has 0 bridgehead atoms. The maximum Gasteiger partial charge on any atom is 0.309 e. The fraction of sp³-hybridized carbons (Fsp3) is 0.467. The van der Waals surface area contributed by atoms with Gasteiger partial charge in [-0.25, -0.2) is 0 Å². The molecule has 1 fully saturated rings. The minimum atomic E-state index is -0.524. The third-order valence-electron chi connectivity index (χ3n) is 3.71. The van der Waals surface area contributed by atoms with Gasteiger partial charge >= 0.3 is 5.97 Å². The van der Waals surface area contributed by atoms with Crippen LogP contribution in [0, 0.1) is 16.0 Å². The van der Waals surface area contributed by atoms with Crippen molar-refractivity contribution in [2.24, 2.45) is 5.92 Å². The molecule has 118 valence electrons. The van der Waals surface area contributed by atoms with E-state index >= 15 is 0 Å². The summed E-state index contributed by atoms with van der Waals surface area (Å²) in [6, 6.07) is 5.69. The number of likely N-dealkylation sites (tertiary alicyclic amines) is 1. The Labute approximate surface area is 128 Å². The van der Waals surface area contributed by atoms with E-state index in [4.69, 9.17) is 4.74 Å². The molecular weight excluding hydrogens is 288 g/mol. The molecule has 2 rings (SSSR count). The summed E-state index contributed by atoms with van der Waals surface area (Å²) in [6.07, 6.45) is 1.11. The van der Waals surface area contributed by atoms with Crippen molar-refractivity contribution in [1.82, 2.24) is 4.90 Å². The van der Waals surface area contributed by atoms with Crippen molar-refractivity contribution in [1.29, 1.82) is 0 Å². The van der Waals surface area contributed by atoms with E-state index in [1.54, 1.807) is 17.9 Å². The monoisotopic (exact) mass is 306 g/mol. The predicted molar refractivity (Wildman–Crippen MR) is 78.4 cm³/mol. The number of non-ortho nitro benzene ring substituents is 1. The zero-order chi connectivity index (χ0) is 16.1. The topological polar surface area (TPSA) is 89.8 Å². The van der Waals surface area contributed by atoms with Crippen LogP contribution in [0.5, 0.6) is 0 Å². The molecule has 0 radical (unpaired) electrons. The maximum atomic E-state index is 12.4. The fourth-order valence-electron chi connectivity index (χ4n) is 2.51. The van der Waals surface area contributed by atoms with E-state index < -0.39 is 4.92 Å². The SMILES string of the molecule is CCOC(=O)C1CCN(C(=O)c2cccc([N+](=O)[O-])c2)CC1. The summed E-state index contributed by atoms with van der Waals surface area (Å²) < 4.78 is 4.99. The molecule has 0 aromatic heterocycles. The summed E-state index contributed by atoms with van der Waals surface area (Å²) in [6.45, 7) is 3.01. The number of amides is 1. The molecule has 1 amide bonds. The minimum Gasteiger partial charge on any atom is -0.466 e. The summed E-state index contributed by atoms with van der Waals surface area (Å²) in [5, 5.41) is 10.8. The number of nitrogens with zero attached hydrogens (tertiary/aromatic N) is 2. The molecule has 0 atom stereocenters. The van der Waals surface area contributed by atoms with Crippen LogP contribution in [0.1, 0.15) is 30.1 Å². The highest BCUT2D eigenvalue weighted by molar-refractivity contribution is 5.95. The van der Waals surface area contributed by atoms with Gasteiger partial charge in [-0.1, -0.05) is 6.07 Å². The number of nitro groups is 1. The van der Waals surface area contributed by atoms with Crippen LogP contribution in [0.3, 0.4) is 0 Å². The molecule has 7 nitrogen and oxygen atoms in total. The highest BCUT2D eigenvalue weighted by Gasteiger charge is 2.29. The Morgan fingerprint density at radius 2 is 2.05 bits per heavy atom. The van der Waals surface area contributed by atoms with Crippen molar-refractivity contribution >= 4 is 17.6 Å². The second kappa shape index (κ2) is 7.02. The molecule has 0 spiro atoms. The highest BCUT2D eigenvalue weighted by Crippen LogP contribution is 2.21. The smallest absolute Gasteiger partial charge is 0.309 e. The van der Waals surface area contributed by atoms with E-state index in [2.05, 4.69) is 0 Å². The summed E-state index contributed by atoms with van der Waals surface area (Å²) in [4.78, 5) is 35.9. The van der Waals surface area contributed by atoms with Gasteiger partial charge in [0.05, 0.1) is 17.4 Å². The van der Waals surface area contributed by atoms with Crippen molar-refractivity contribution < 1.29 is 19.2 Å². The Morgan fingerprint density at radius 1 is 1.36 bits per heavy atom. The van der Waals surface area contributed by atoms with Crippen LogP contribution >= 0.6 is 0 Å². The van der Waals surface area contributed by atoms with Crippen LogP contribution in [0.2, 0.25) is 0 Å². The van der Waals surface area contributed by atoms with Crippen LogP contribution in [-0.4, -0.2) is 41.4 Å². The number of piperidine rings is 1. The number of benzene rings is 1. The first kappa shape index (κ1) is 15.9. The number of esters is 1. The molecule has 1 heterocycles. The number of nitro benzene ring substituents is 1. The molecule has 7 heteroatoms. The van der Waals surface area contributed by atoms with Gasteiger partial charge in [-0.2, -0.15) is 0 Å². The second-order valence-corrected chi connectivity index (χ2v) is 5.13. The van der Waals surface area contributed by atoms with Gasteiger partial charge in [0.2, 0.25) is 0 Å². The number of ether oxygens (including phenoxy) is 1. The van der Waals surface area contributed by atoms with Gasteiger partial charge in [-0.3, -0.25) is 19.7 Å². The molecule has 1 aromatic carbocycles. The lowest BCUT2D eigenvalue weighted by Crippen LogP contribution is -2.40. The Bertz CT molecular complexity index is 579. The maximum absolute atomic E-state index is 12.4. The van der Waals surface area contributed by atoms with Crippen LogP contribution in [0.25, 0.3) is 0 Å². The molecule has 0 unspecified atom stereocenters. The average Bonchev–Trinajstić information content (AvgIpc) is 2.54. The number of hydrogen-bond donors (Lipinski definition) is 0. The van der Waals surface area contributed by atoms with Crippen molar-refractivity contribution in [3.63, 3.8) is 0 Å². The van der Waals surface area contributed by atoms with E-state index in [1.165, 1.54) is 18.2 Å². The lowest BCUT2D eigenvalue weighted by atomic mass is 9.96. The zero-order valence-corrected chi connectivity index (χ0v) is 12.4. The number of hydrogen-bond acceptors (Lipinski definition) is 5. The van der Waals surface area contributed by atoms with Gasteiger partial charge in [-0.15, -0.1) is 0 Å². The predicted octanol–water partition coefficient (Wildman–Crippen LogP) is 2.01. The zero-order valence-electron chi connectivity index (χ0n) is 12.4. The molecule has 1 aliphatic rings. The van der Waals surface area contributed by atoms with E-state index in [9.17, 15) is 19.7 Å². The molecule has 0 aliphatic carbocycles. The molecule has 1 saturated heterocycles. The van der Waals surface area contributed by atoms with Crippen LogP contribution < -0.4 is 0 Å². The summed E-state index contributed by atoms with van der Waals surface area (Å²) in [7, 11) is 0. The Kier molecular flexibility index (Phi) is 5.08. The van der Waals surface area contributed by atoms with Crippen LogP contribution in [0.4, 0.5) is 5.69 Å². The highest BCUT2D eigenvalue weighted by atomic mass is 16.6. The number of carbonyl (C=O) groups is 2. The summed E-state index contributed by atoms with van der Waals surface area (Å²) in [5.41, 5.74) is 0.191. The minimum absolute atomic E-state index is 0.104. The lowest BCUT2D eigenvalue weighted by molar-refractivity contribution is -0.384. The third-order valence-corrected chi connectivity index (χ3v) is 3.71. The third kappa shape index (κ3) is 3.60. The first-order valence-electron chi connectivity index (χ1n) is 7.23. The molecular formula is C15H18N2O5. The van der Waals surface area contributed by atoms with Crippen molar-refractivity contribution in [3.05, 3.63) is 39.9 Å². The molecule has 1 aromatic rings. The van der Waals surface area contributed by atoms with Crippen molar-refractivity contribution in [3.8, 4) is 0 Å². The molecule has 0 saturated carbocycles. The molecule has 1 aliphatic heterocycles. The van der Waals surface area contributed by atoms with Gasteiger partial charge in [0, 0.05) is 30.8 Å². The van der Waals surface area contributed by atoms with Gasteiger partial charge in [0.15, 0.2) is 0 Å². The van der Waals surface area contributed by atoms with Crippen molar-refractivity contribution in [2.45, 2.75) is 19.8 Å². The fourth-order valence-corrected chi connectivity index (χ4v) is 2.51. The van der Waals surface area contributed by atoms with Gasteiger partial charge in [0.1, 0.15) is 0 Å². The van der Waals surface area contributed by atoms with Gasteiger partial charge in [-0.05, 0) is 25.8 Å². The van der Waals surface area contributed by atoms with Crippen LogP contribution in [-0.2, 0) is 9.53 Å². The van der Waals surface area contributed by atoms with E-state index in [0.717, 1.165) is 0 Å². The largest absolute Gasteiger partial charge is 0.466 e. The average molecular weight is 306 g/mol.